The van der Waals surface area contributed by atoms with Crippen molar-refractivity contribution in [2.24, 2.45) is 0 Å². The van der Waals surface area contributed by atoms with Gasteiger partial charge in [0.05, 0.1) is 5.75 Å². The Kier molecular flexibility index (Phi) is 4.30. The summed E-state index contributed by atoms with van der Waals surface area (Å²) in [6.07, 6.45) is 2.36. The summed E-state index contributed by atoms with van der Waals surface area (Å²) in [7, 11) is -2.86. The van der Waals surface area contributed by atoms with Gasteiger partial charge in [0.2, 0.25) is 0 Å². The lowest BCUT2D eigenvalue weighted by Gasteiger charge is -2.15. The molecule has 1 saturated heterocycles. The molecule has 1 atom stereocenters. The van der Waals surface area contributed by atoms with Crippen molar-refractivity contribution in [3.05, 3.63) is 34.9 Å². The summed E-state index contributed by atoms with van der Waals surface area (Å²) in [6, 6.07) is 7.95. The predicted molar refractivity (Wildman–Crippen MR) is 75.0 cm³/mol. The fourth-order valence-electron chi connectivity index (χ4n) is 2.36. The van der Waals surface area contributed by atoms with E-state index in [0.29, 0.717) is 12.5 Å². The number of halogens is 1. The third-order valence-corrected chi connectivity index (χ3v) is 4.53. The van der Waals surface area contributed by atoms with E-state index in [1.54, 1.807) is 0 Å². The Hall–Kier alpha value is -0.580. The highest BCUT2D eigenvalue weighted by Gasteiger charge is 2.24. The van der Waals surface area contributed by atoms with E-state index in [-0.39, 0.29) is 5.75 Å². The van der Waals surface area contributed by atoms with Crippen molar-refractivity contribution < 1.29 is 8.42 Å². The van der Waals surface area contributed by atoms with Gasteiger partial charge in [-0.3, -0.25) is 0 Å². The normalized spacial score (nSPS) is 21.3. The number of rotatable bonds is 4. The van der Waals surface area contributed by atoms with Gasteiger partial charge in [0.15, 0.2) is 0 Å². The quantitative estimate of drug-likeness (QED) is 0.852. The topological polar surface area (TPSA) is 37.4 Å². The molecule has 100 valence electrons. The largest absolute Gasteiger partial charge is 0.302 e. The average molecular weight is 288 g/mol. The molecule has 1 aromatic carbocycles. The van der Waals surface area contributed by atoms with Crippen LogP contribution in [0.3, 0.4) is 0 Å². The summed E-state index contributed by atoms with van der Waals surface area (Å²) in [4.78, 5) is 2.21. The minimum Gasteiger partial charge on any atom is -0.302 e. The maximum Gasteiger partial charge on any atom is 0.148 e. The van der Waals surface area contributed by atoms with E-state index in [1.165, 1.54) is 11.8 Å². The molecule has 5 heteroatoms. The summed E-state index contributed by atoms with van der Waals surface area (Å²) in [6.45, 7) is 2.53. The van der Waals surface area contributed by atoms with Gasteiger partial charge in [-0.25, -0.2) is 8.42 Å². The fraction of sp³-hybridized carbons (Fsp3) is 0.538. The Labute approximate surface area is 114 Å². The van der Waals surface area contributed by atoms with Crippen LogP contribution in [0.5, 0.6) is 0 Å². The molecule has 0 aliphatic carbocycles. The van der Waals surface area contributed by atoms with Gasteiger partial charge >= 0.3 is 0 Å². The van der Waals surface area contributed by atoms with Crippen LogP contribution in [0.25, 0.3) is 0 Å². The molecule has 0 saturated carbocycles. The molecule has 3 nitrogen and oxygen atoms in total. The van der Waals surface area contributed by atoms with Crippen LogP contribution in [0.4, 0.5) is 0 Å². The summed E-state index contributed by atoms with van der Waals surface area (Å²) in [5.41, 5.74) is 1.25. The Balaban J connectivity index is 1.92. The molecular weight excluding hydrogens is 270 g/mol. The molecule has 0 bridgehead atoms. The minimum absolute atomic E-state index is 0.245. The van der Waals surface area contributed by atoms with E-state index >= 15 is 0 Å². The fourth-order valence-corrected chi connectivity index (χ4v) is 3.15. The number of hydrogen-bond acceptors (Lipinski definition) is 3. The van der Waals surface area contributed by atoms with Crippen molar-refractivity contribution in [3.63, 3.8) is 0 Å². The smallest absolute Gasteiger partial charge is 0.148 e. The molecule has 0 radical (unpaired) electrons. The van der Waals surface area contributed by atoms with Gasteiger partial charge in [0.1, 0.15) is 9.84 Å². The van der Waals surface area contributed by atoms with Crippen molar-refractivity contribution in [2.75, 3.05) is 31.6 Å². The molecule has 0 aromatic heterocycles. The first-order chi connectivity index (χ1) is 8.44. The summed E-state index contributed by atoms with van der Waals surface area (Å²) >= 11 is 5.99. The van der Waals surface area contributed by atoms with Gasteiger partial charge in [0.25, 0.3) is 0 Å². The SMILES string of the molecule is CS(=O)(=O)CCN1CC[C@@H](c2cccc(Cl)c2)C1. The van der Waals surface area contributed by atoms with Crippen LogP contribution < -0.4 is 0 Å². The van der Waals surface area contributed by atoms with Gasteiger partial charge in [-0.1, -0.05) is 23.7 Å². The molecule has 1 aliphatic rings. The lowest BCUT2D eigenvalue weighted by molar-refractivity contribution is 0.354. The second-order valence-electron chi connectivity index (χ2n) is 4.97. The number of likely N-dealkylation sites (tertiary alicyclic amines) is 1. The van der Waals surface area contributed by atoms with E-state index in [1.807, 2.05) is 18.2 Å². The van der Waals surface area contributed by atoms with Crippen LogP contribution in [0.1, 0.15) is 17.9 Å². The molecule has 0 amide bonds. The van der Waals surface area contributed by atoms with E-state index < -0.39 is 9.84 Å². The van der Waals surface area contributed by atoms with Crippen molar-refractivity contribution >= 4 is 21.4 Å². The summed E-state index contributed by atoms with van der Waals surface area (Å²) < 4.78 is 22.3. The standard InChI is InChI=1S/C13H18ClNO2S/c1-18(16,17)8-7-15-6-5-12(10-15)11-3-2-4-13(14)9-11/h2-4,9,12H,5-8,10H2,1H3/t12-/m1/s1. The first kappa shape index (κ1) is 13.8. The zero-order valence-corrected chi connectivity index (χ0v) is 12.0. The van der Waals surface area contributed by atoms with Crippen LogP contribution >= 0.6 is 11.6 Å². The Bertz CT molecular complexity index is 515. The van der Waals surface area contributed by atoms with Gasteiger partial charge in [-0.15, -0.1) is 0 Å². The molecule has 0 unspecified atom stereocenters. The second kappa shape index (κ2) is 5.59. The lowest BCUT2D eigenvalue weighted by Crippen LogP contribution is -2.26. The Morgan fingerprint density at radius 3 is 2.89 bits per heavy atom. The molecule has 0 spiro atoms. The Morgan fingerprint density at radius 2 is 2.22 bits per heavy atom. The van der Waals surface area contributed by atoms with Gasteiger partial charge < -0.3 is 4.90 Å². The zero-order valence-electron chi connectivity index (χ0n) is 10.5. The van der Waals surface area contributed by atoms with Gasteiger partial charge in [-0.05, 0) is 36.6 Å². The van der Waals surface area contributed by atoms with Crippen molar-refractivity contribution in [1.29, 1.82) is 0 Å². The minimum atomic E-state index is -2.86. The van der Waals surface area contributed by atoms with Crippen LogP contribution in [-0.4, -0.2) is 45.0 Å². The van der Waals surface area contributed by atoms with Gasteiger partial charge in [-0.2, -0.15) is 0 Å². The molecule has 1 aromatic rings. The lowest BCUT2D eigenvalue weighted by atomic mass is 9.99. The van der Waals surface area contributed by atoms with Crippen LogP contribution in [0, 0.1) is 0 Å². The second-order valence-corrected chi connectivity index (χ2v) is 7.67. The van der Waals surface area contributed by atoms with E-state index in [4.69, 9.17) is 11.6 Å². The maximum atomic E-state index is 11.1. The van der Waals surface area contributed by atoms with Crippen LogP contribution in [-0.2, 0) is 9.84 Å². The van der Waals surface area contributed by atoms with Crippen LogP contribution in [0.15, 0.2) is 24.3 Å². The third-order valence-electron chi connectivity index (χ3n) is 3.37. The molecule has 1 heterocycles. The molecule has 1 fully saturated rings. The van der Waals surface area contributed by atoms with Crippen LogP contribution in [0.2, 0.25) is 5.02 Å². The predicted octanol–water partition coefficient (Wildman–Crippen LogP) is 2.17. The first-order valence-corrected chi connectivity index (χ1v) is 8.53. The van der Waals surface area contributed by atoms with Gasteiger partial charge in [0, 0.05) is 24.4 Å². The molecule has 0 N–H and O–H groups in total. The Morgan fingerprint density at radius 1 is 1.44 bits per heavy atom. The molecule has 1 aliphatic heterocycles. The number of hydrogen-bond donors (Lipinski definition) is 0. The monoisotopic (exact) mass is 287 g/mol. The van der Waals surface area contributed by atoms with Crippen molar-refractivity contribution in [2.45, 2.75) is 12.3 Å². The number of sulfone groups is 1. The zero-order chi connectivity index (χ0) is 13.2. The molecule has 2 rings (SSSR count). The third kappa shape index (κ3) is 3.97. The molecule has 18 heavy (non-hydrogen) atoms. The number of benzene rings is 1. The highest BCUT2D eigenvalue weighted by Crippen LogP contribution is 2.28. The maximum absolute atomic E-state index is 11.1. The first-order valence-electron chi connectivity index (χ1n) is 6.09. The van der Waals surface area contributed by atoms with E-state index in [2.05, 4.69) is 11.0 Å². The van der Waals surface area contributed by atoms with E-state index in [0.717, 1.165) is 24.5 Å². The van der Waals surface area contributed by atoms with Crippen molar-refractivity contribution in [3.8, 4) is 0 Å². The molecular formula is C13H18ClNO2S. The van der Waals surface area contributed by atoms with Crippen molar-refractivity contribution in [1.82, 2.24) is 4.90 Å². The highest BCUT2D eigenvalue weighted by atomic mass is 35.5. The van der Waals surface area contributed by atoms with E-state index in [9.17, 15) is 8.42 Å². The average Bonchev–Trinajstić information content (AvgIpc) is 2.74. The summed E-state index contributed by atoms with van der Waals surface area (Å²) in [5.74, 6) is 0.721. The summed E-state index contributed by atoms with van der Waals surface area (Å²) in [5, 5.41) is 0.766. The highest BCUT2D eigenvalue weighted by molar-refractivity contribution is 7.90. The number of nitrogens with zero attached hydrogens (tertiary/aromatic N) is 1.